The highest BCUT2D eigenvalue weighted by molar-refractivity contribution is 6.30. The number of hydrogen-bond donors (Lipinski definition) is 2. The molecule has 0 spiro atoms. The molecule has 0 aliphatic carbocycles. The van der Waals surface area contributed by atoms with Gasteiger partial charge in [-0.3, -0.25) is 4.79 Å². The maximum Gasteiger partial charge on any atom is 0.251 e. The van der Waals surface area contributed by atoms with E-state index in [0.29, 0.717) is 16.1 Å². The summed E-state index contributed by atoms with van der Waals surface area (Å²) in [5.41, 5.74) is 0.960. The number of amides is 1. The second-order valence-corrected chi connectivity index (χ2v) is 4.72. The van der Waals surface area contributed by atoms with Crippen molar-refractivity contribution in [2.24, 2.45) is 0 Å². The summed E-state index contributed by atoms with van der Waals surface area (Å²) in [6.07, 6.45) is -0.849. The molecule has 20 heavy (non-hydrogen) atoms. The Bertz CT molecular complexity index is 601. The normalized spacial score (nSPS) is 11.9. The zero-order chi connectivity index (χ0) is 14.5. The molecule has 2 aromatic rings. The number of aliphatic hydroxyl groups is 1. The lowest BCUT2D eigenvalue weighted by atomic mass is 10.1. The highest BCUT2D eigenvalue weighted by Gasteiger charge is 2.11. The van der Waals surface area contributed by atoms with E-state index in [0.717, 1.165) is 0 Å². The van der Waals surface area contributed by atoms with Gasteiger partial charge in [0.2, 0.25) is 0 Å². The average Bonchev–Trinajstić information content (AvgIpc) is 2.45. The number of aliphatic hydroxyl groups excluding tert-OH is 1. The Morgan fingerprint density at radius 2 is 1.95 bits per heavy atom. The lowest BCUT2D eigenvalue weighted by Crippen LogP contribution is -2.28. The van der Waals surface area contributed by atoms with Crippen molar-refractivity contribution in [2.45, 2.75) is 6.10 Å². The van der Waals surface area contributed by atoms with Gasteiger partial charge in [-0.25, -0.2) is 4.39 Å². The van der Waals surface area contributed by atoms with Gasteiger partial charge in [0.15, 0.2) is 0 Å². The molecule has 0 radical (unpaired) electrons. The highest BCUT2D eigenvalue weighted by Crippen LogP contribution is 2.17. The molecule has 0 aliphatic rings. The molecule has 0 heterocycles. The molecule has 2 rings (SSSR count). The molecule has 0 fully saturated rings. The van der Waals surface area contributed by atoms with E-state index in [-0.39, 0.29) is 12.5 Å². The van der Waals surface area contributed by atoms with Gasteiger partial charge in [-0.05, 0) is 42.0 Å². The molecule has 0 aliphatic heterocycles. The summed E-state index contributed by atoms with van der Waals surface area (Å²) >= 11 is 5.83. The van der Waals surface area contributed by atoms with Crippen LogP contribution in [0.2, 0.25) is 5.02 Å². The van der Waals surface area contributed by atoms with Crippen molar-refractivity contribution in [3.05, 3.63) is 70.5 Å². The molecule has 2 N–H and O–H groups in total. The third kappa shape index (κ3) is 3.79. The van der Waals surface area contributed by atoms with Gasteiger partial charge in [0.1, 0.15) is 5.82 Å². The second-order valence-electron chi connectivity index (χ2n) is 4.29. The Morgan fingerprint density at radius 3 is 2.60 bits per heavy atom. The minimum atomic E-state index is -0.849. The van der Waals surface area contributed by atoms with Crippen LogP contribution in [-0.2, 0) is 0 Å². The molecular formula is C15H13ClFNO2. The lowest BCUT2D eigenvalue weighted by Gasteiger charge is -2.12. The molecule has 104 valence electrons. The number of carbonyl (C=O) groups is 1. The van der Waals surface area contributed by atoms with Gasteiger partial charge in [-0.2, -0.15) is 0 Å². The van der Waals surface area contributed by atoms with E-state index in [1.807, 2.05) is 0 Å². The molecule has 2 aromatic carbocycles. The maximum atomic E-state index is 12.7. The number of benzene rings is 2. The summed E-state index contributed by atoms with van der Waals surface area (Å²) in [6, 6.07) is 12.0. The monoisotopic (exact) mass is 293 g/mol. The maximum absolute atomic E-state index is 12.7. The quantitative estimate of drug-likeness (QED) is 0.910. The number of carbonyl (C=O) groups excluding carboxylic acids is 1. The first-order chi connectivity index (χ1) is 9.56. The van der Waals surface area contributed by atoms with Crippen LogP contribution < -0.4 is 5.32 Å². The minimum Gasteiger partial charge on any atom is -0.387 e. The van der Waals surface area contributed by atoms with E-state index in [1.165, 1.54) is 24.3 Å². The first-order valence-electron chi connectivity index (χ1n) is 6.03. The van der Waals surface area contributed by atoms with Crippen molar-refractivity contribution in [1.29, 1.82) is 0 Å². The smallest absolute Gasteiger partial charge is 0.251 e. The zero-order valence-corrected chi connectivity index (χ0v) is 11.3. The number of rotatable bonds is 4. The molecule has 0 unspecified atom stereocenters. The Hall–Kier alpha value is -1.91. The molecule has 3 nitrogen and oxygen atoms in total. The third-order valence-electron chi connectivity index (χ3n) is 2.80. The lowest BCUT2D eigenvalue weighted by molar-refractivity contribution is 0.0916. The van der Waals surface area contributed by atoms with Crippen LogP contribution in [0.4, 0.5) is 4.39 Å². The number of halogens is 2. The van der Waals surface area contributed by atoms with E-state index in [4.69, 9.17) is 11.6 Å². The summed E-state index contributed by atoms with van der Waals surface area (Å²) in [4.78, 5) is 11.8. The average molecular weight is 294 g/mol. The summed E-state index contributed by atoms with van der Waals surface area (Å²) in [7, 11) is 0. The van der Waals surface area contributed by atoms with Crippen molar-refractivity contribution in [3.8, 4) is 0 Å². The Balaban J connectivity index is 1.94. The predicted octanol–water partition coefficient (Wildman–Crippen LogP) is 2.94. The van der Waals surface area contributed by atoms with Crippen molar-refractivity contribution < 1.29 is 14.3 Å². The molecule has 1 amide bonds. The van der Waals surface area contributed by atoms with Gasteiger partial charge < -0.3 is 10.4 Å². The van der Waals surface area contributed by atoms with E-state index in [1.54, 1.807) is 24.3 Å². The summed E-state index contributed by atoms with van der Waals surface area (Å²) < 4.78 is 12.7. The van der Waals surface area contributed by atoms with Crippen LogP contribution >= 0.6 is 11.6 Å². The largest absolute Gasteiger partial charge is 0.387 e. The first kappa shape index (κ1) is 14.5. The Kier molecular flexibility index (Phi) is 4.71. The van der Waals surface area contributed by atoms with E-state index in [2.05, 4.69) is 5.32 Å². The van der Waals surface area contributed by atoms with Gasteiger partial charge in [-0.15, -0.1) is 0 Å². The molecule has 0 saturated heterocycles. The molecule has 0 bridgehead atoms. The van der Waals surface area contributed by atoms with Gasteiger partial charge in [0, 0.05) is 17.1 Å². The van der Waals surface area contributed by atoms with Gasteiger partial charge in [-0.1, -0.05) is 23.7 Å². The van der Waals surface area contributed by atoms with Crippen LogP contribution in [0.15, 0.2) is 48.5 Å². The van der Waals surface area contributed by atoms with Crippen LogP contribution in [0.3, 0.4) is 0 Å². The van der Waals surface area contributed by atoms with Gasteiger partial charge >= 0.3 is 0 Å². The van der Waals surface area contributed by atoms with Gasteiger partial charge in [0.05, 0.1) is 6.10 Å². The Morgan fingerprint density at radius 1 is 1.25 bits per heavy atom. The van der Waals surface area contributed by atoms with Crippen LogP contribution in [-0.4, -0.2) is 17.6 Å². The van der Waals surface area contributed by atoms with E-state index >= 15 is 0 Å². The summed E-state index contributed by atoms with van der Waals surface area (Å²) in [5.74, 6) is -0.772. The summed E-state index contributed by atoms with van der Waals surface area (Å²) in [6.45, 7) is 0.0521. The standard InChI is InChI=1S/C15H13ClFNO2/c16-12-3-1-2-11(8-12)14(19)9-18-15(20)10-4-6-13(17)7-5-10/h1-8,14,19H,9H2,(H,18,20)/t14-/m0/s1. The third-order valence-corrected chi connectivity index (χ3v) is 3.03. The highest BCUT2D eigenvalue weighted by atomic mass is 35.5. The topological polar surface area (TPSA) is 49.3 Å². The number of nitrogens with one attached hydrogen (secondary N) is 1. The van der Waals surface area contributed by atoms with Crippen molar-refractivity contribution in [2.75, 3.05) is 6.54 Å². The fourth-order valence-corrected chi connectivity index (χ4v) is 1.92. The van der Waals surface area contributed by atoms with Crippen molar-refractivity contribution >= 4 is 17.5 Å². The first-order valence-corrected chi connectivity index (χ1v) is 6.41. The molecule has 0 saturated carbocycles. The minimum absolute atomic E-state index is 0.0521. The van der Waals surface area contributed by atoms with Crippen LogP contribution in [0.1, 0.15) is 22.0 Å². The van der Waals surface area contributed by atoms with E-state index < -0.39 is 11.9 Å². The fraction of sp³-hybridized carbons (Fsp3) is 0.133. The zero-order valence-electron chi connectivity index (χ0n) is 10.5. The van der Waals surface area contributed by atoms with Crippen LogP contribution in [0.5, 0.6) is 0 Å². The van der Waals surface area contributed by atoms with Crippen molar-refractivity contribution in [1.82, 2.24) is 5.32 Å². The SMILES string of the molecule is O=C(NC[C@H](O)c1cccc(Cl)c1)c1ccc(F)cc1. The molecule has 5 heteroatoms. The van der Waals surface area contributed by atoms with Gasteiger partial charge in [0.25, 0.3) is 5.91 Å². The Labute approximate surface area is 121 Å². The molecule has 0 aromatic heterocycles. The van der Waals surface area contributed by atoms with Crippen LogP contribution in [0, 0.1) is 5.82 Å². The van der Waals surface area contributed by atoms with E-state index in [9.17, 15) is 14.3 Å². The van der Waals surface area contributed by atoms with Crippen LogP contribution in [0.25, 0.3) is 0 Å². The summed E-state index contributed by atoms with van der Waals surface area (Å²) in [5, 5.41) is 13.1. The fourth-order valence-electron chi connectivity index (χ4n) is 1.72. The van der Waals surface area contributed by atoms with Crippen molar-refractivity contribution in [3.63, 3.8) is 0 Å². The predicted molar refractivity (Wildman–Crippen MR) is 75.1 cm³/mol. The number of hydrogen-bond acceptors (Lipinski definition) is 2. The molecular weight excluding hydrogens is 281 g/mol. The molecule has 1 atom stereocenters. The second kappa shape index (κ2) is 6.50.